The van der Waals surface area contributed by atoms with Crippen LogP contribution in [0.4, 0.5) is 5.82 Å². The molecule has 0 saturated carbocycles. The average Bonchev–Trinajstić information content (AvgIpc) is 2.99. The molecular formula is C13H15N7. The largest absolute Gasteiger partial charge is 0.368 e. The Kier molecular flexibility index (Phi) is 3.49. The van der Waals surface area contributed by atoms with E-state index in [-0.39, 0.29) is 0 Å². The molecular weight excluding hydrogens is 254 g/mol. The van der Waals surface area contributed by atoms with Gasteiger partial charge in [0, 0.05) is 23.7 Å². The Bertz CT molecular complexity index is 693. The van der Waals surface area contributed by atoms with Gasteiger partial charge in [0.15, 0.2) is 11.6 Å². The molecule has 102 valence electrons. The van der Waals surface area contributed by atoms with Crippen LogP contribution in [0.3, 0.4) is 0 Å². The Morgan fingerprint density at radius 3 is 2.75 bits per heavy atom. The molecule has 3 aromatic rings. The van der Waals surface area contributed by atoms with E-state index in [4.69, 9.17) is 0 Å². The first-order valence-electron chi connectivity index (χ1n) is 6.53. The molecule has 0 fully saturated rings. The molecule has 2 N–H and O–H groups in total. The Hall–Kier alpha value is -2.57. The van der Waals surface area contributed by atoms with Gasteiger partial charge in [-0.25, -0.2) is 0 Å². The first-order valence-corrected chi connectivity index (χ1v) is 6.53. The quantitative estimate of drug-likeness (QED) is 0.682. The van der Waals surface area contributed by atoms with E-state index >= 15 is 0 Å². The van der Waals surface area contributed by atoms with Crippen LogP contribution in [0.25, 0.3) is 10.8 Å². The van der Waals surface area contributed by atoms with Gasteiger partial charge in [-0.2, -0.15) is 10.3 Å². The first kappa shape index (κ1) is 12.5. The number of tetrazole rings is 1. The fourth-order valence-corrected chi connectivity index (χ4v) is 2.11. The van der Waals surface area contributed by atoms with E-state index in [1.54, 1.807) is 0 Å². The highest BCUT2D eigenvalue weighted by Gasteiger charge is 2.05. The van der Waals surface area contributed by atoms with Gasteiger partial charge in [0.1, 0.15) is 0 Å². The van der Waals surface area contributed by atoms with Crippen LogP contribution in [0.2, 0.25) is 0 Å². The molecule has 0 aliphatic carbocycles. The first-order chi connectivity index (χ1) is 9.84. The van der Waals surface area contributed by atoms with E-state index in [0.29, 0.717) is 0 Å². The van der Waals surface area contributed by atoms with Crippen molar-refractivity contribution in [2.24, 2.45) is 0 Å². The van der Waals surface area contributed by atoms with Crippen molar-refractivity contribution >= 4 is 16.6 Å². The molecule has 7 nitrogen and oxygen atoms in total. The van der Waals surface area contributed by atoms with E-state index in [1.165, 1.54) is 0 Å². The van der Waals surface area contributed by atoms with Gasteiger partial charge in [-0.1, -0.05) is 29.5 Å². The van der Waals surface area contributed by atoms with Crippen molar-refractivity contribution in [3.63, 3.8) is 0 Å². The highest BCUT2D eigenvalue weighted by atomic mass is 15.5. The molecule has 7 heteroatoms. The standard InChI is InChI=1S/C13H15N7/c1-9-10-5-2-3-6-11(10)13(18-15-9)14-8-4-7-12-16-19-20-17-12/h2-3,5-6H,4,7-8H2,1H3,(H,14,18)(H,16,17,19,20). The highest BCUT2D eigenvalue weighted by Crippen LogP contribution is 2.22. The predicted molar refractivity (Wildman–Crippen MR) is 75.3 cm³/mol. The number of fused-ring (bicyclic) bond motifs is 1. The summed E-state index contributed by atoms with van der Waals surface area (Å²) in [5, 5.41) is 27.8. The number of benzene rings is 1. The zero-order valence-corrected chi connectivity index (χ0v) is 11.2. The van der Waals surface area contributed by atoms with E-state index in [0.717, 1.165) is 47.5 Å². The number of H-pyrrole nitrogens is 1. The van der Waals surface area contributed by atoms with Crippen LogP contribution in [0, 0.1) is 6.92 Å². The molecule has 2 heterocycles. The fraction of sp³-hybridized carbons (Fsp3) is 0.308. The van der Waals surface area contributed by atoms with Gasteiger partial charge in [-0.05, 0) is 13.3 Å². The molecule has 0 spiro atoms. The molecule has 0 aliphatic rings. The van der Waals surface area contributed by atoms with E-state index in [9.17, 15) is 0 Å². The van der Waals surface area contributed by atoms with Gasteiger partial charge in [-0.3, -0.25) is 0 Å². The Labute approximate surface area is 115 Å². The number of hydrogen-bond donors (Lipinski definition) is 2. The lowest BCUT2D eigenvalue weighted by atomic mass is 10.1. The minimum atomic E-state index is 0.728. The smallest absolute Gasteiger partial charge is 0.174 e. The van der Waals surface area contributed by atoms with Gasteiger partial charge in [0.05, 0.1) is 5.69 Å². The van der Waals surface area contributed by atoms with Crippen LogP contribution in [-0.2, 0) is 6.42 Å². The molecule has 0 amide bonds. The monoisotopic (exact) mass is 269 g/mol. The molecule has 0 saturated heterocycles. The summed E-state index contributed by atoms with van der Waals surface area (Å²) >= 11 is 0. The number of anilines is 1. The summed E-state index contributed by atoms with van der Waals surface area (Å²) in [6.45, 7) is 2.76. The van der Waals surface area contributed by atoms with E-state index < -0.39 is 0 Å². The van der Waals surface area contributed by atoms with E-state index in [2.05, 4.69) is 48.3 Å². The van der Waals surface area contributed by atoms with Gasteiger partial charge >= 0.3 is 0 Å². The van der Waals surface area contributed by atoms with E-state index in [1.807, 2.05) is 19.1 Å². The summed E-state index contributed by atoms with van der Waals surface area (Å²) < 4.78 is 0. The van der Waals surface area contributed by atoms with Crippen LogP contribution in [0.1, 0.15) is 17.9 Å². The summed E-state index contributed by atoms with van der Waals surface area (Å²) in [4.78, 5) is 0. The van der Waals surface area contributed by atoms with Crippen molar-refractivity contribution in [2.75, 3.05) is 11.9 Å². The molecule has 0 atom stereocenters. The van der Waals surface area contributed by atoms with Crippen molar-refractivity contribution < 1.29 is 0 Å². The zero-order chi connectivity index (χ0) is 13.8. The zero-order valence-electron chi connectivity index (χ0n) is 11.2. The molecule has 0 unspecified atom stereocenters. The molecule has 0 bridgehead atoms. The summed E-state index contributed by atoms with van der Waals surface area (Å²) in [6.07, 6.45) is 1.68. The lowest BCUT2D eigenvalue weighted by molar-refractivity contribution is 0.800. The maximum absolute atomic E-state index is 4.23. The average molecular weight is 269 g/mol. The SMILES string of the molecule is Cc1nnc(NCCCc2nn[nH]n2)c2ccccc12. The lowest BCUT2D eigenvalue weighted by Gasteiger charge is -2.08. The molecule has 0 radical (unpaired) electrons. The Morgan fingerprint density at radius 1 is 1.10 bits per heavy atom. The number of aromatic nitrogens is 6. The second-order valence-electron chi connectivity index (χ2n) is 4.54. The van der Waals surface area contributed by atoms with Gasteiger partial charge in [0.2, 0.25) is 0 Å². The van der Waals surface area contributed by atoms with Crippen molar-refractivity contribution in [3.05, 3.63) is 35.8 Å². The lowest BCUT2D eigenvalue weighted by Crippen LogP contribution is -2.07. The summed E-state index contributed by atoms with van der Waals surface area (Å²) in [7, 11) is 0. The Balaban J connectivity index is 1.67. The minimum absolute atomic E-state index is 0.728. The van der Waals surface area contributed by atoms with Gasteiger partial charge < -0.3 is 5.32 Å². The third-order valence-electron chi connectivity index (χ3n) is 3.13. The van der Waals surface area contributed by atoms with Crippen LogP contribution in [0.5, 0.6) is 0 Å². The number of nitrogens with zero attached hydrogens (tertiary/aromatic N) is 5. The topological polar surface area (TPSA) is 92.3 Å². The number of hydrogen-bond acceptors (Lipinski definition) is 6. The van der Waals surface area contributed by atoms with Crippen molar-refractivity contribution in [1.29, 1.82) is 0 Å². The molecule has 2 aromatic heterocycles. The normalized spacial score (nSPS) is 10.8. The maximum Gasteiger partial charge on any atom is 0.174 e. The molecule has 20 heavy (non-hydrogen) atoms. The van der Waals surface area contributed by atoms with Crippen molar-refractivity contribution in [3.8, 4) is 0 Å². The number of nitrogens with one attached hydrogen (secondary N) is 2. The molecule has 0 aliphatic heterocycles. The summed E-state index contributed by atoms with van der Waals surface area (Å²) in [5.41, 5.74) is 0.943. The number of aromatic amines is 1. The fourth-order valence-electron chi connectivity index (χ4n) is 2.11. The molecule has 3 rings (SSSR count). The second-order valence-corrected chi connectivity index (χ2v) is 4.54. The van der Waals surface area contributed by atoms with Crippen molar-refractivity contribution in [2.45, 2.75) is 19.8 Å². The number of rotatable bonds is 5. The highest BCUT2D eigenvalue weighted by molar-refractivity contribution is 5.92. The second kappa shape index (κ2) is 5.60. The molecule has 1 aromatic carbocycles. The van der Waals surface area contributed by atoms with Crippen LogP contribution in [0.15, 0.2) is 24.3 Å². The summed E-state index contributed by atoms with van der Waals surface area (Å²) in [6, 6.07) is 8.13. The number of aryl methyl sites for hydroxylation is 2. The Morgan fingerprint density at radius 2 is 1.95 bits per heavy atom. The third-order valence-corrected chi connectivity index (χ3v) is 3.13. The van der Waals surface area contributed by atoms with Crippen LogP contribution in [-0.4, -0.2) is 37.4 Å². The van der Waals surface area contributed by atoms with Gasteiger partial charge in [0.25, 0.3) is 0 Å². The maximum atomic E-state index is 4.23. The summed E-state index contributed by atoms with van der Waals surface area (Å²) in [5.74, 6) is 1.55. The third kappa shape index (κ3) is 2.56. The van der Waals surface area contributed by atoms with Crippen molar-refractivity contribution in [1.82, 2.24) is 30.8 Å². The predicted octanol–water partition coefficient (Wildman–Crippen LogP) is 1.50. The van der Waals surface area contributed by atoms with Crippen LogP contribution < -0.4 is 5.32 Å². The van der Waals surface area contributed by atoms with Gasteiger partial charge in [-0.15, -0.1) is 15.3 Å². The minimum Gasteiger partial charge on any atom is -0.368 e. The van der Waals surface area contributed by atoms with Crippen LogP contribution >= 0.6 is 0 Å².